The zero-order valence-electron chi connectivity index (χ0n) is 8.71. The largest absolute Gasteiger partial charge is 0.198 e. The molecule has 0 amide bonds. The lowest BCUT2D eigenvalue weighted by atomic mass is 9.78. The Hall–Kier alpha value is -1.03. The molecule has 0 radical (unpaired) electrons. The molecule has 1 atom stereocenters. The van der Waals surface area contributed by atoms with Gasteiger partial charge in [0.05, 0.1) is 11.5 Å². The molecule has 13 heavy (non-hydrogen) atoms. The molecule has 0 aromatic carbocycles. The Morgan fingerprint density at radius 3 is 2.54 bits per heavy atom. The lowest BCUT2D eigenvalue weighted by molar-refractivity contribution is 0.368. The number of allylic oxidation sites excluding steroid dienone is 3. The van der Waals surface area contributed by atoms with Gasteiger partial charge in [0, 0.05) is 0 Å². The van der Waals surface area contributed by atoms with E-state index in [-0.39, 0.29) is 5.41 Å². The monoisotopic (exact) mass is 177 g/mol. The van der Waals surface area contributed by atoms with E-state index < -0.39 is 0 Å². The van der Waals surface area contributed by atoms with Gasteiger partial charge in [-0.3, -0.25) is 0 Å². The molecular weight excluding hydrogens is 158 g/mol. The molecule has 0 saturated carbocycles. The highest BCUT2D eigenvalue weighted by molar-refractivity contribution is 5.06. The van der Waals surface area contributed by atoms with Gasteiger partial charge >= 0.3 is 0 Å². The zero-order valence-corrected chi connectivity index (χ0v) is 8.71. The molecule has 0 aromatic heterocycles. The van der Waals surface area contributed by atoms with Crippen LogP contribution in [0.2, 0.25) is 0 Å². The van der Waals surface area contributed by atoms with Crippen LogP contribution in [0.25, 0.3) is 0 Å². The van der Waals surface area contributed by atoms with E-state index in [1.807, 2.05) is 19.1 Å². The Morgan fingerprint density at radius 2 is 2.15 bits per heavy atom. The minimum absolute atomic E-state index is 0.205. The van der Waals surface area contributed by atoms with Crippen LogP contribution in [0.4, 0.5) is 0 Å². The average molecular weight is 177 g/mol. The first kappa shape index (κ1) is 12.0. The normalized spacial score (nSPS) is 15.2. The SMILES string of the molecule is C=CCC(C#N)(CC=CC)CCC. The summed E-state index contributed by atoms with van der Waals surface area (Å²) < 4.78 is 0. The van der Waals surface area contributed by atoms with Gasteiger partial charge < -0.3 is 0 Å². The van der Waals surface area contributed by atoms with Crippen molar-refractivity contribution in [1.29, 1.82) is 5.26 Å². The van der Waals surface area contributed by atoms with Gasteiger partial charge in [0.15, 0.2) is 0 Å². The highest BCUT2D eigenvalue weighted by atomic mass is 14.4. The quantitative estimate of drug-likeness (QED) is 0.565. The summed E-state index contributed by atoms with van der Waals surface area (Å²) in [6.45, 7) is 7.81. The Bertz CT molecular complexity index is 210. The fraction of sp³-hybridized carbons (Fsp3) is 0.583. The summed E-state index contributed by atoms with van der Waals surface area (Å²) in [6, 6.07) is 2.43. The van der Waals surface area contributed by atoms with Crippen molar-refractivity contribution in [3.8, 4) is 6.07 Å². The van der Waals surface area contributed by atoms with Crippen LogP contribution < -0.4 is 0 Å². The number of hydrogen-bond acceptors (Lipinski definition) is 1. The van der Waals surface area contributed by atoms with Gasteiger partial charge in [-0.1, -0.05) is 31.6 Å². The number of nitriles is 1. The van der Waals surface area contributed by atoms with Crippen LogP contribution >= 0.6 is 0 Å². The molecule has 0 aliphatic heterocycles. The number of rotatable bonds is 6. The van der Waals surface area contributed by atoms with Gasteiger partial charge in [-0.25, -0.2) is 0 Å². The van der Waals surface area contributed by atoms with Crippen LogP contribution in [0, 0.1) is 16.7 Å². The molecule has 0 aliphatic rings. The number of hydrogen-bond donors (Lipinski definition) is 0. The lowest BCUT2D eigenvalue weighted by Crippen LogP contribution is -2.16. The van der Waals surface area contributed by atoms with Crippen molar-refractivity contribution in [2.45, 2.75) is 39.5 Å². The fourth-order valence-electron chi connectivity index (χ4n) is 1.53. The summed E-state index contributed by atoms with van der Waals surface area (Å²) in [7, 11) is 0. The second-order valence-electron chi connectivity index (χ2n) is 3.41. The molecule has 72 valence electrons. The van der Waals surface area contributed by atoms with Gasteiger partial charge in [0.2, 0.25) is 0 Å². The highest BCUT2D eigenvalue weighted by Crippen LogP contribution is 2.32. The Balaban J connectivity index is 4.44. The van der Waals surface area contributed by atoms with E-state index in [2.05, 4.69) is 25.6 Å². The van der Waals surface area contributed by atoms with Gasteiger partial charge in [0.1, 0.15) is 0 Å². The predicted molar refractivity (Wildman–Crippen MR) is 57.2 cm³/mol. The van der Waals surface area contributed by atoms with Crippen molar-refractivity contribution in [3.63, 3.8) is 0 Å². The van der Waals surface area contributed by atoms with Crippen LogP contribution in [-0.4, -0.2) is 0 Å². The molecule has 0 saturated heterocycles. The molecule has 0 aliphatic carbocycles. The minimum atomic E-state index is -0.205. The summed E-state index contributed by atoms with van der Waals surface area (Å²) in [6.07, 6.45) is 9.58. The first-order valence-corrected chi connectivity index (χ1v) is 4.88. The molecular formula is C12H19N. The summed E-state index contributed by atoms with van der Waals surface area (Å²) in [5.74, 6) is 0. The molecule has 0 spiro atoms. The van der Waals surface area contributed by atoms with Crippen molar-refractivity contribution >= 4 is 0 Å². The number of nitrogens with zero attached hydrogens (tertiary/aromatic N) is 1. The van der Waals surface area contributed by atoms with Crippen LogP contribution in [0.1, 0.15) is 39.5 Å². The summed E-state index contributed by atoms with van der Waals surface area (Å²) in [4.78, 5) is 0. The van der Waals surface area contributed by atoms with E-state index in [4.69, 9.17) is 5.26 Å². The molecule has 1 heteroatoms. The van der Waals surface area contributed by atoms with E-state index in [9.17, 15) is 0 Å². The van der Waals surface area contributed by atoms with E-state index in [1.165, 1.54) is 0 Å². The Morgan fingerprint density at radius 1 is 1.46 bits per heavy atom. The molecule has 1 unspecified atom stereocenters. The summed E-state index contributed by atoms with van der Waals surface area (Å²) >= 11 is 0. The second kappa shape index (κ2) is 6.48. The van der Waals surface area contributed by atoms with Gasteiger partial charge in [-0.05, 0) is 26.2 Å². The fourth-order valence-corrected chi connectivity index (χ4v) is 1.53. The average Bonchev–Trinajstić information content (AvgIpc) is 2.15. The van der Waals surface area contributed by atoms with E-state index in [1.54, 1.807) is 0 Å². The Kier molecular flexibility index (Phi) is 5.97. The molecule has 0 fully saturated rings. The maximum absolute atomic E-state index is 9.13. The van der Waals surface area contributed by atoms with Gasteiger partial charge in [-0.15, -0.1) is 6.58 Å². The third-order valence-corrected chi connectivity index (χ3v) is 2.25. The van der Waals surface area contributed by atoms with Crippen LogP contribution in [-0.2, 0) is 0 Å². The van der Waals surface area contributed by atoms with E-state index in [0.717, 1.165) is 25.7 Å². The second-order valence-corrected chi connectivity index (χ2v) is 3.41. The first-order valence-electron chi connectivity index (χ1n) is 4.88. The molecule has 0 heterocycles. The third-order valence-electron chi connectivity index (χ3n) is 2.25. The highest BCUT2D eigenvalue weighted by Gasteiger charge is 2.25. The Labute approximate surface area is 81.8 Å². The lowest BCUT2D eigenvalue weighted by Gasteiger charge is -2.22. The topological polar surface area (TPSA) is 23.8 Å². The summed E-state index contributed by atoms with van der Waals surface area (Å²) in [5.41, 5.74) is -0.205. The van der Waals surface area contributed by atoms with Crippen molar-refractivity contribution in [1.82, 2.24) is 0 Å². The maximum Gasteiger partial charge on any atom is 0.0696 e. The van der Waals surface area contributed by atoms with Crippen LogP contribution in [0.5, 0.6) is 0 Å². The molecule has 0 rings (SSSR count). The molecule has 0 bridgehead atoms. The molecule has 0 N–H and O–H groups in total. The zero-order chi connectivity index (χ0) is 10.2. The van der Waals surface area contributed by atoms with Crippen molar-refractivity contribution < 1.29 is 0 Å². The summed E-state index contributed by atoms with van der Waals surface area (Å²) in [5, 5.41) is 9.13. The van der Waals surface area contributed by atoms with Crippen LogP contribution in [0.3, 0.4) is 0 Å². The van der Waals surface area contributed by atoms with Crippen molar-refractivity contribution in [2.75, 3.05) is 0 Å². The van der Waals surface area contributed by atoms with Crippen LogP contribution in [0.15, 0.2) is 24.8 Å². The molecule has 0 aromatic rings. The van der Waals surface area contributed by atoms with Crippen molar-refractivity contribution in [2.24, 2.45) is 5.41 Å². The van der Waals surface area contributed by atoms with E-state index in [0.29, 0.717) is 0 Å². The molecule has 1 nitrogen and oxygen atoms in total. The van der Waals surface area contributed by atoms with E-state index >= 15 is 0 Å². The van der Waals surface area contributed by atoms with Gasteiger partial charge in [0.25, 0.3) is 0 Å². The van der Waals surface area contributed by atoms with Crippen molar-refractivity contribution in [3.05, 3.63) is 24.8 Å². The first-order chi connectivity index (χ1) is 6.24. The van der Waals surface area contributed by atoms with Gasteiger partial charge in [-0.2, -0.15) is 5.26 Å². The maximum atomic E-state index is 9.13. The smallest absolute Gasteiger partial charge is 0.0696 e. The minimum Gasteiger partial charge on any atom is -0.198 e. The third kappa shape index (κ3) is 3.94. The predicted octanol–water partition coefficient (Wildman–Crippen LogP) is 3.84. The standard InChI is InChI=1S/C12H19N/c1-4-7-10-12(11-13,8-5-2)9-6-3/h4-5,7H,2,6,8-10H2,1,3H3.